The van der Waals surface area contributed by atoms with Crippen LogP contribution in [0.2, 0.25) is 0 Å². The monoisotopic (exact) mass is 284 g/mol. The summed E-state index contributed by atoms with van der Waals surface area (Å²) in [5, 5.41) is 3.35. The first-order valence-corrected chi connectivity index (χ1v) is 7.60. The van der Waals surface area contributed by atoms with Gasteiger partial charge in [0.25, 0.3) is 0 Å². The van der Waals surface area contributed by atoms with Crippen molar-refractivity contribution in [2.45, 2.75) is 57.4 Å². The van der Waals surface area contributed by atoms with Crippen LogP contribution in [0, 0.1) is 0 Å². The van der Waals surface area contributed by atoms with Gasteiger partial charge in [-0.25, -0.2) is 0 Å². The lowest BCUT2D eigenvalue weighted by Crippen LogP contribution is -2.49. The van der Waals surface area contributed by atoms with Gasteiger partial charge in [-0.15, -0.1) is 0 Å². The number of esters is 1. The highest BCUT2D eigenvalue weighted by Crippen LogP contribution is 2.31. The van der Waals surface area contributed by atoms with E-state index >= 15 is 0 Å². The zero-order valence-electron chi connectivity index (χ0n) is 13.0. The summed E-state index contributed by atoms with van der Waals surface area (Å²) < 4.78 is 4.67. The van der Waals surface area contributed by atoms with Crippen molar-refractivity contribution in [2.75, 3.05) is 27.2 Å². The summed E-state index contributed by atoms with van der Waals surface area (Å²) in [7, 11) is 3.29. The van der Waals surface area contributed by atoms with Crippen molar-refractivity contribution in [2.24, 2.45) is 0 Å². The lowest BCUT2D eigenvalue weighted by molar-refractivity contribution is -0.147. The third kappa shape index (κ3) is 4.78. The van der Waals surface area contributed by atoms with Gasteiger partial charge in [0.1, 0.15) is 6.54 Å². The molecule has 0 saturated heterocycles. The second kappa shape index (κ2) is 8.25. The molecule has 0 heterocycles. The van der Waals surface area contributed by atoms with E-state index in [1.54, 1.807) is 4.90 Å². The van der Waals surface area contributed by atoms with E-state index in [9.17, 15) is 9.59 Å². The molecule has 1 fully saturated rings. The van der Waals surface area contributed by atoms with Crippen molar-refractivity contribution in [1.82, 2.24) is 10.2 Å². The van der Waals surface area contributed by atoms with Gasteiger partial charge in [-0.05, 0) is 26.3 Å². The summed E-state index contributed by atoms with van der Waals surface area (Å²) in [6, 6.07) is 0. The Hall–Kier alpha value is -1.10. The van der Waals surface area contributed by atoms with E-state index in [0.29, 0.717) is 13.0 Å². The van der Waals surface area contributed by atoms with Crippen LogP contribution in [0.15, 0.2) is 0 Å². The number of amides is 1. The highest BCUT2D eigenvalue weighted by molar-refractivity contribution is 5.82. The summed E-state index contributed by atoms with van der Waals surface area (Å²) in [5.74, 6) is -0.303. The fraction of sp³-hybridized carbons (Fsp3) is 0.867. The smallest absolute Gasteiger partial charge is 0.325 e. The number of hydrogen-bond acceptors (Lipinski definition) is 4. The third-order valence-electron chi connectivity index (χ3n) is 4.22. The lowest BCUT2D eigenvalue weighted by atomic mass is 9.79. The van der Waals surface area contributed by atoms with Gasteiger partial charge in [0, 0.05) is 18.5 Å². The Morgan fingerprint density at radius 1 is 1.25 bits per heavy atom. The minimum absolute atomic E-state index is 0.0495. The molecule has 1 aliphatic carbocycles. The lowest BCUT2D eigenvalue weighted by Gasteiger charge is -2.38. The number of hydrogen-bond donors (Lipinski definition) is 1. The molecule has 0 spiro atoms. The first kappa shape index (κ1) is 17.0. The number of nitrogens with zero attached hydrogens (tertiary/aromatic N) is 1. The maximum Gasteiger partial charge on any atom is 0.325 e. The summed E-state index contributed by atoms with van der Waals surface area (Å²) in [4.78, 5) is 25.5. The standard InChI is InChI=1S/C15H28N2O3/c1-4-10-17(12-14(19)20-3)13(18)11-15(16-2)8-6-5-7-9-15/h16H,4-12H2,1-3H3. The van der Waals surface area contributed by atoms with Crippen LogP contribution in [0.3, 0.4) is 0 Å². The fourth-order valence-corrected chi connectivity index (χ4v) is 2.93. The average molecular weight is 284 g/mol. The van der Waals surface area contributed by atoms with Gasteiger partial charge >= 0.3 is 5.97 Å². The number of ether oxygens (including phenoxy) is 1. The molecule has 0 bridgehead atoms. The van der Waals surface area contributed by atoms with Crippen LogP contribution in [0.1, 0.15) is 51.9 Å². The van der Waals surface area contributed by atoms with Crippen LogP contribution < -0.4 is 5.32 Å². The van der Waals surface area contributed by atoms with Gasteiger partial charge in [0.15, 0.2) is 0 Å². The topological polar surface area (TPSA) is 58.6 Å². The molecule has 0 aromatic heterocycles. The largest absolute Gasteiger partial charge is 0.468 e. The van der Waals surface area contributed by atoms with Crippen molar-refractivity contribution in [3.05, 3.63) is 0 Å². The predicted octanol–water partition coefficient (Wildman–Crippen LogP) is 1.71. The zero-order valence-corrected chi connectivity index (χ0v) is 13.0. The van der Waals surface area contributed by atoms with Crippen LogP contribution in [0.5, 0.6) is 0 Å². The molecule has 0 aromatic rings. The van der Waals surface area contributed by atoms with Crippen molar-refractivity contribution in [3.8, 4) is 0 Å². The van der Waals surface area contributed by atoms with E-state index < -0.39 is 0 Å². The summed E-state index contributed by atoms with van der Waals surface area (Å²) in [6.07, 6.45) is 6.97. The average Bonchev–Trinajstić information content (AvgIpc) is 2.47. The molecule has 1 aliphatic rings. The molecule has 0 aromatic carbocycles. The third-order valence-corrected chi connectivity index (χ3v) is 4.22. The van der Waals surface area contributed by atoms with E-state index in [2.05, 4.69) is 10.1 Å². The fourth-order valence-electron chi connectivity index (χ4n) is 2.93. The van der Waals surface area contributed by atoms with E-state index in [0.717, 1.165) is 19.3 Å². The summed E-state index contributed by atoms with van der Waals surface area (Å²) in [6.45, 7) is 2.67. The van der Waals surface area contributed by atoms with Gasteiger partial charge < -0.3 is 15.0 Å². The number of carbonyl (C=O) groups is 2. The molecule has 5 heteroatoms. The Morgan fingerprint density at radius 2 is 1.90 bits per heavy atom. The van der Waals surface area contributed by atoms with Crippen LogP contribution in [0.25, 0.3) is 0 Å². The Morgan fingerprint density at radius 3 is 2.40 bits per heavy atom. The molecular weight excluding hydrogens is 256 g/mol. The second-order valence-corrected chi connectivity index (χ2v) is 5.66. The van der Waals surface area contributed by atoms with Gasteiger partial charge in [-0.3, -0.25) is 9.59 Å². The van der Waals surface area contributed by atoms with Gasteiger partial charge in [-0.2, -0.15) is 0 Å². The van der Waals surface area contributed by atoms with Gasteiger partial charge in [-0.1, -0.05) is 26.2 Å². The molecule has 1 amide bonds. The zero-order chi connectivity index (χ0) is 15.0. The Balaban J connectivity index is 2.65. The normalized spacial score (nSPS) is 17.6. The van der Waals surface area contributed by atoms with E-state index in [1.807, 2.05) is 14.0 Å². The van der Waals surface area contributed by atoms with Crippen LogP contribution >= 0.6 is 0 Å². The summed E-state index contributed by atoms with van der Waals surface area (Å²) in [5.41, 5.74) is -0.0859. The van der Waals surface area contributed by atoms with Gasteiger partial charge in [0.2, 0.25) is 5.91 Å². The van der Waals surface area contributed by atoms with Crippen LogP contribution in [-0.4, -0.2) is 49.6 Å². The first-order valence-electron chi connectivity index (χ1n) is 7.60. The molecular formula is C15H28N2O3. The molecule has 1 rings (SSSR count). The number of methoxy groups -OCH3 is 1. The maximum atomic E-state index is 12.5. The molecule has 116 valence electrons. The maximum absolute atomic E-state index is 12.5. The first-order chi connectivity index (χ1) is 9.56. The Kier molecular flexibility index (Phi) is 6.99. The molecule has 0 radical (unpaired) electrons. The van der Waals surface area contributed by atoms with Gasteiger partial charge in [0.05, 0.1) is 7.11 Å². The van der Waals surface area contributed by atoms with Crippen molar-refractivity contribution < 1.29 is 14.3 Å². The molecule has 0 aliphatic heterocycles. The predicted molar refractivity (Wildman–Crippen MR) is 78.4 cm³/mol. The van der Waals surface area contributed by atoms with Crippen molar-refractivity contribution >= 4 is 11.9 Å². The molecule has 1 saturated carbocycles. The highest BCUT2D eigenvalue weighted by Gasteiger charge is 2.34. The minimum atomic E-state index is -0.353. The minimum Gasteiger partial charge on any atom is -0.468 e. The van der Waals surface area contributed by atoms with E-state index in [1.165, 1.54) is 26.4 Å². The number of carbonyl (C=O) groups excluding carboxylic acids is 2. The highest BCUT2D eigenvalue weighted by atomic mass is 16.5. The number of nitrogens with one attached hydrogen (secondary N) is 1. The molecule has 0 unspecified atom stereocenters. The van der Waals surface area contributed by atoms with Crippen molar-refractivity contribution in [3.63, 3.8) is 0 Å². The Bertz CT molecular complexity index is 325. The molecule has 20 heavy (non-hydrogen) atoms. The van der Waals surface area contributed by atoms with Crippen LogP contribution in [-0.2, 0) is 14.3 Å². The van der Waals surface area contributed by atoms with Crippen molar-refractivity contribution in [1.29, 1.82) is 0 Å². The number of rotatable bonds is 7. The van der Waals surface area contributed by atoms with E-state index in [4.69, 9.17) is 0 Å². The summed E-state index contributed by atoms with van der Waals surface area (Å²) >= 11 is 0. The second-order valence-electron chi connectivity index (χ2n) is 5.66. The SMILES string of the molecule is CCCN(CC(=O)OC)C(=O)CC1(NC)CCCCC1. The quantitative estimate of drug-likeness (QED) is 0.723. The molecule has 5 nitrogen and oxygen atoms in total. The molecule has 1 N–H and O–H groups in total. The Labute approximate surface area is 122 Å². The van der Waals surface area contributed by atoms with Crippen LogP contribution in [0.4, 0.5) is 0 Å². The van der Waals surface area contributed by atoms with E-state index in [-0.39, 0.29) is 24.0 Å². The molecule has 0 atom stereocenters.